The third-order valence-electron chi connectivity index (χ3n) is 2.63. The summed E-state index contributed by atoms with van der Waals surface area (Å²) in [6.45, 7) is 0.650. The van der Waals surface area contributed by atoms with Crippen LogP contribution in [0.15, 0.2) is 77.3 Å². The van der Waals surface area contributed by atoms with Gasteiger partial charge in [0.05, 0.1) is 0 Å². The van der Waals surface area contributed by atoms with Crippen molar-refractivity contribution in [2.45, 2.75) is 0 Å². The molecule has 2 heteroatoms. The molecule has 2 aromatic carbocycles. The normalized spacial score (nSPS) is 11.9. The van der Waals surface area contributed by atoms with Crippen LogP contribution in [0.2, 0.25) is 0 Å². The maximum atomic E-state index is 5.09. The SMILES string of the molecule is COC/C=C/C(=C/c1ccccc1)[Se]c1ccccc1. The number of ether oxygens (including phenoxy) is 1. The van der Waals surface area contributed by atoms with Crippen molar-refractivity contribution >= 4 is 25.5 Å². The van der Waals surface area contributed by atoms with E-state index in [2.05, 4.69) is 72.8 Å². The molecule has 0 aliphatic heterocycles. The van der Waals surface area contributed by atoms with Crippen molar-refractivity contribution < 1.29 is 4.74 Å². The zero-order valence-corrected chi connectivity index (χ0v) is 13.2. The fraction of sp³-hybridized carbons (Fsp3) is 0.111. The summed E-state index contributed by atoms with van der Waals surface area (Å²) >= 11 is 0.307. The zero-order chi connectivity index (χ0) is 14.0. The van der Waals surface area contributed by atoms with E-state index in [0.717, 1.165) is 0 Å². The summed E-state index contributed by atoms with van der Waals surface area (Å²) in [6.07, 6.45) is 6.49. The van der Waals surface area contributed by atoms with Crippen molar-refractivity contribution in [1.29, 1.82) is 0 Å². The standard InChI is InChI=1S/C18H18OSe/c1-19-14-8-13-18(15-16-9-4-2-5-10-16)20-17-11-6-3-7-12-17/h2-13,15H,14H2,1H3/b13-8+,18-15-. The monoisotopic (exact) mass is 330 g/mol. The van der Waals surface area contributed by atoms with Gasteiger partial charge in [-0.2, -0.15) is 0 Å². The third-order valence-corrected chi connectivity index (χ3v) is 4.73. The van der Waals surface area contributed by atoms with Gasteiger partial charge in [0.25, 0.3) is 0 Å². The molecule has 0 amide bonds. The molecule has 0 aliphatic rings. The first kappa shape index (κ1) is 14.8. The Morgan fingerprint density at radius 3 is 2.30 bits per heavy atom. The quantitative estimate of drug-likeness (QED) is 0.584. The Hall–Kier alpha value is -1.60. The van der Waals surface area contributed by atoms with Crippen LogP contribution in [0, 0.1) is 0 Å². The molecule has 0 aromatic heterocycles. The van der Waals surface area contributed by atoms with Gasteiger partial charge >= 0.3 is 127 Å². The Labute approximate surface area is 127 Å². The molecular formula is C18H18OSe. The summed E-state index contributed by atoms with van der Waals surface area (Å²) in [4.78, 5) is 0. The van der Waals surface area contributed by atoms with E-state index in [1.807, 2.05) is 6.07 Å². The van der Waals surface area contributed by atoms with Crippen LogP contribution in [0.3, 0.4) is 0 Å². The van der Waals surface area contributed by atoms with Gasteiger partial charge in [-0.1, -0.05) is 0 Å². The summed E-state index contributed by atoms with van der Waals surface area (Å²) in [6, 6.07) is 21.0. The van der Waals surface area contributed by atoms with Gasteiger partial charge in [0.15, 0.2) is 0 Å². The molecule has 0 N–H and O–H groups in total. The molecule has 0 bridgehead atoms. The summed E-state index contributed by atoms with van der Waals surface area (Å²) in [7, 11) is 1.72. The number of hydrogen-bond acceptors (Lipinski definition) is 1. The van der Waals surface area contributed by atoms with Crippen LogP contribution < -0.4 is 4.46 Å². The van der Waals surface area contributed by atoms with E-state index in [1.165, 1.54) is 14.5 Å². The van der Waals surface area contributed by atoms with E-state index in [1.54, 1.807) is 7.11 Å². The maximum absolute atomic E-state index is 5.09. The molecule has 2 rings (SSSR count). The average Bonchev–Trinajstić information content (AvgIpc) is 2.49. The first-order valence-corrected chi connectivity index (χ1v) is 8.25. The van der Waals surface area contributed by atoms with Crippen molar-refractivity contribution in [2.24, 2.45) is 0 Å². The predicted octanol–water partition coefficient (Wildman–Crippen LogP) is 3.26. The van der Waals surface area contributed by atoms with E-state index in [-0.39, 0.29) is 0 Å². The Balaban J connectivity index is 2.18. The third kappa shape index (κ3) is 5.18. The molecule has 0 unspecified atom stereocenters. The average molecular weight is 329 g/mol. The van der Waals surface area contributed by atoms with Gasteiger partial charge in [-0.05, 0) is 0 Å². The van der Waals surface area contributed by atoms with Gasteiger partial charge in [0.2, 0.25) is 0 Å². The molecule has 0 spiro atoms. The number of benzene rings is 2. The van der Waals surface area contributed by atoms with Crippen LogP contribution in [0.1, 0.15) is 5.56 Å². The van der Waals surface area contributed by atoms with E-state index < -0.39 is 0 Å². The molecule has 0 heterocycles. The second-order valence-corrected chi connectivity index (χ2v) is 6.64. The first-order chi connectivity index (χ1) is 9.88. The second kappa shape index (κ2) is 8.55. The number of hydrogen-bond donors (Lipinski definition) is 0. The molecule has 0 aliphatic carbocycles. The molecule has 1 nitrogen and oxygen atoms in total. The van der Waals surface area contributed by atoms with Crippen molar-refractivity contribution in [1.82, 2.24) is 0 Å². The van der Waals surface area contributed by atoms with Crippen molar-refractivity contribution in [3.05, 3.63) is 82.9 Å². The van der Waals surface area contributed by atoms with Gasteiger partial charge in [-0.3, -0.25) is 0 Å². The second-order valence-electron chi connectivity index (χ2n) is 4.23. The molecule has 0 saturated carbocycles. The van der Waals surface area contributed by atoms with Crippen LogP contribution in [0.4, 0.5) is 0 Å². The van der Waals surface area contributed by atoms with Crippen molar-refractivity contribution in [3.63, 3.8) is 0 Å². The molecule has 2 aromatic rings. The molecule has 20 heavy (non-hydrogen) atoms. The number of rotatable bonds is 6. The summed E-state index contributed by atoms with van der Waals surface area (Å²) < 4.78 is 7.80. The predicted molar refractivity (Wildman–Crippen MR) is 87.3 cm³/mol. The Morgan fingerprint density at radius 1 is 1.00 bits per heavy atom. The Kier molecular flexibility index (Phi) is 6.32. The summed E-state index contributed by atoms with van der Waals surface area (Å²) in [5.41, 5.74) is 1.24. The molecule has 0 atom stereocenters. The molecule has 0 fully saturated rings. The fourth-order valence-corrected chi connectivity index (χ4v) is 3.65. The van der Waals surface area contributed by atoms with Gasteiger partial charge in [0, 0.05) is 0 Å². The van der Waals surface area contributed by atoms with Crippen molar-refractivity contribution in [3.8, 4) is 0 Å². The van der Waals surface area contributed by atoms with Crippen LogP contribution in [0.25, 0.3) is 6.08 Å². The van der Waals surface area contributed by atoms with Gasteiger partial charge in [0.1, 0.15) is 0 Å². The molecule has 102 valence electrons. The number of allylic oxidation sites excluding steroid dienone is 2. The molecular weight excluding hydrogens is 311 g/mol. The minimum absolute atomic E-state index is 0.307. The molecule has 0 saturated heterocycles. The van der Waals surface area contributed by atoms with Crippen LogP contribution in [-0.2, 0) is 4.74 Å². The Bertz CT molecular complexity index is 558. The summed E-state index contributed by atoms with van der Waals surface area (Å²) in [5, 5.41) is 0. The van der Waals surface area contributed by atoms with E-state index in [0.29, 0.717) is 21.6 Å². The summed E-state index contributed by atoms with van der Waals surface area (Å²) in [5.74, 6) is 0. The molecule has 0 radical (unpaired) electrons. The first-order valence-electron chi connectivity index (χ1n) is 6.53. The van der Waals surface area contributed by atoms with Crippen molar-refractivity contribution in [2.75, 3.05) is 13.7 Å². The number of methoxy groups -OCH3 is 1. The minimum atomic E-state index is 0.307. The zero-order valence-electron chi connectivity index (χ0n) is 11.5. The fourth-order valence-electron chi connectivity index (χ4n) is 1.71. The Morgan fingerprint density at radius 2 is 1.65 bits per heavy atom. The van der Waals surface area contributed by atoms with Crippen LogP contribution in [-0.4, -0.2) is 28.7 Å². The van der Waals surface area contributed by atoms with Gasteiger partial charge in [-0.15, -0.1) is 0 Å². The van der Waals surface area contributed by atoms with Gasteiger partial charge in [-0.25, -0.2) is 0 Å². The van der Waals surface area contributed by atoms with E-state index >= 15 is 0 Å². The van der Waals surface area contributed by atoms with Crippen LogP contribution >= 0.6 is 0 Å². The van der Waals surface area contributed by atoms with Gasteiger partial charge < -0.3 is 0 Å². The topological polar surface area (TPSA) is 9.23 Å². The van der Waals surface area contributed by atoms with Crippen LogP contribution in [0.5, 0.6) is 0 Å². The van der Waals surface area contributed by atoms with E-state index in [9.17, 15) is 0 Å². The van der Waals surface area contributed by atoms with E-state index in [4.69, 9.17) is 4.74 Å².